The molecule has 0 rings (SSSR count). The molecule has 0 aliphatic carbocycles. The van der Waals surface area contributed by atoms with Crippen LogP contribution in [0.4, 0.5) is 4.79 Å². The average molecular weight is 224 g/mol. The lowest BCUT2D eigenvalue weighted by Crippen LogP contribution is -2.32. The van der Waals surface area contributed by atoms with E-state index in [2.05, 4.69) is 5.32 Å². The Morgan fingerprint density at radius 1 is 1.50 bits per heavy atom. The minimum absolute atomic E-state index is 0.0320. The fourth-order valence-corrected chi connectivity index (χ4v) is 0.975. The van der Waals surface area contributed by atoms with E-state index in [4.69, 9.17) is 9.88 Å². The molecule has 0 saturated heterocycles. The van der Waals surface area contributed by atoms with Crippen molar-refractivity contribution in [2.24, 2.45) is 11.1 Å². The average Bonchev–Trinajstić information content (AvgIpc) is 1.98. The second-order valence-corrected chi connectivity index (χ2v) is 5.02. The minimum atomic E-state index is -3.52. The van der Waals surface area contributed by atoms with Crippen molar-refractivity contribution in [3.05, 3.63) is 0 Å². The Kier molecular flexibility index (Phi) is 5.47. The van der Waals surface area contributed by atoms with Gasteiger partial charge >= 0.3 is 6.09 Å². The zero-order valence-corrected chi connectivity index (χ0v) is 9.13. The molecule has 14 heavy (non-hydrogen) atoms. The van der Waals surface area contributed by atoms with E-state index in [1.54, 1.807) is 0 Å². The number of alkyl carbamates (subject to hydrolysis) is 1. The number of hydrogen-bond donors (Lipinski definition) is 2. The van der Waals surface area contributed by atoms with Crippen molar-refractivity contribution >= 4 is 16.1 Å². The van der Waals surface area contributed by atoms with Crippen LogP contribution >= 0.6 is 0 Å². The maximum absolute atomic E-state index is 10.9. The number of hydrogen-bond acceptors (Lipinski definition) is 4. The zero-order valence-electron chi connectivity index (χ0n) is 8.32. The summed E-state index contributed by atoms with van der Waals surface area (Å²) < 4.78 is 25.7. The Morgan fingerprint density at radius 2 is 2.07 bits per heavy atom. The van der Waals surface area contributed by atoms with Crippen LogP contribution in [0.5, 0.6) is 0 Å². The summed E-state index contributed by atoms with van der Waals surface area (Å²) in [7, 11) is -3.52. The van der Waals surface area contributed by atoms with E-state index < -0.39 is 16.1 Å². The van der Waals surface area contributed by atoms with Gasteiger partial charge in [-0.15, -0.1) is 0 Å². The second-order valence-electron chi connectivity index (χ2n) is 3.29. The molecule has 0 aromatic rings. The summed E-state index contributed by atoms with van der Waals surface area (Å²) in [5, 5.41) is 7.00. The number of nitrogens with two attached hydrogens (primary N) is 1. The molecule has 0 bridgehead atoms. The maximum atomic E-state index is 10.9. The first kappa shape index (κ1) is 13.2. The van der Waals surface area contributed by atoms with Crippen LogP contribution in [-0.4, -0.2) is 33.4 Å². The van der Waals surface area contributed by atoms with E-state index in [-0.39, 0.29) is 18.2 Å². The fourth-order valence-electron chi connectivity index (χ4n) is 0.589. The summed E-state index contributed by atoms with van der Waals surface area (Å²) >= 11 is 0. The zero-order chi connectivity index (χ0) is 11.2. The van der Waals surface area contributed by atoms with E-state index in [1.807, 2.05) is 13.8 Å². The Morgan fingerprint density at radius 3 is 2.50 bits per heavy atom. The molecule has 0 aliphatic rings. The molecule has 84 valence electrons. The summed E-state index contributed by atoms with van der Waals surface area (Å²) in [6.45, 7) is 4.08. The molecular weight excluding hydrogens is 208 g/mol. The van der Waals surface area contributed by atoms with Crippen LogP contribution in [0.2, 0.25) is 0 Å². The molecule has 0 fully saturated rings. The van der Waals surface area contributed by atoms with E-state index in [9.17, 15) is 13.2 Å². The van der Waals surface area contributed by atoms with Gasteiger partial charge in [-0.1, -0.05) is 13.8 Å². The van der Waals surface area contributed by atoms with Crippen molar-refractivity contribution < 1.29 is 17.9 Å². The number of rotatable bonds is 5. The molecule has 0 unspecified atom stereocenters. The summed E-state index contributed by atoms with van der Waals surface area (Å²) in [5.74, 6) is -0.0389. The number of carbonyl (C=O) groups excluding carboxylic acids is 1. The van der Waals surface area contributed by atoms with Crippen molar-refractivity contribution in [3.8, 4) is 0 Å². The third kappa shape index (κ3) is 9.27. The van der Waals surface area contributed by atoms with Crippen LogP contribution in [0.1, 0.15) is 13.8 Å². The molecular formula is C7H16N2O4S. The first-order valence-electron chi connectivity index (χ1n) is 4.22. The topological polar surface area (TPSA) is 98.5 Å². The normalized spacial score (nSPS) is 11.4. The van der Waals surface area contributed by atoms with Crippen LogP contribution in [0.25, 0.3) is 0 Å². The number of amides is 1. The molecule has 6 nitrogen and oxygen atoms in total. The minimum Gasteiger partial charge on any atom is -0.449 e. The monoisotopic (exact) mass is 224 g/mol. The van der Waals surface area contributed by atoms with Gasteiger partial charge in [0.1, 0.15) is 0 Å². The molecule has 0 aromatic heterocycles. The van der Waals surface area contributed by atoms with E-state index in [0.29, 0.717) is 6.61 Å². The van der Waals surface area contributed by atoms with Crippen molar-refractivity contribution in [3.63, 3.8) is 0 Å². The van der Waals surface area contributed by atoms with Crippen LogP contribution in [0.15, 0.2) is 0 Å². The summed E-state index contributed by atoms with van der Waals surface area (Å²) in [6.07, 6.45) is -0.623. The van der Waals surface area contributed by atoms with Crippen LogP contribution in [0.3, 0.4) is 0 Å². The maximum Gasteiger partial charge on any atom is 0.407 e. The standard InChI is InChI=1S/C7H16N2O4S/c1-6(2)5-13-7(10)9-3-4-14(8,11)12/h6H,3-5H2,1-2H3,(H,9,10)(H2,8,11,12). The molecule has 0 aromatic carbocycles. The number of primary sulfonamides is 1. The number of nitrogens with one attached hydrogen (secondary N) is 1. The lowest BCUT2D eigenvalue weighted by molar-refractivity contribution is 0.133. The largest absolute Gasteiger partial charge is 0.449 e. The first-order chi connectivity index (χ1) is 6.31. The molecule has 0 heterocycles. The molecule has 0 aliphatic heterocycles. The highest BCUT2D eigenvalue weighted by Gasteiger charge is 2.06. The Labute approximate surface area is 83.9 Å². The van der Waals surface area contributed by atoms with Crippen molar-refractivity contribution in [1.82, 2.24) is 5.32 Å². The third-order valence-electron chi connectivity index (χ3n) is 1.20. The van der Waals surface area contributed by atoms with Gasteiger partial charge in [0.2, 0.25) is 10.0 Å². The second kappa shape index (κ2) is 5.82. The molecule has 0 radical (unpaired) electrons. The Bertz CT molecular complexity index is 273. The van der Waals surface area contributed by atoms with Gasteiger partial charge in [-0.2, -0.15) is 0 Å². The van der Waals surface area contributed by atoms with Gasteiger partial charge in [0.25, 0.3) is 0 Å². The number of ether oxygens (including phenoxy) is 1. The molecule has 0 spiro atoms. The quantitative estimate of drug-likeness (QED) is 0.667. The molecule has 1 amide bonds. The van der Waals surface area contributed by atoms with Crippen LogP contribution < -0.4 is 10.5 Å². The van der Waals surface area contributed by atoms with Gasteiger partial charge in [-0.25, -0.2) is 18.4 Å². The van der Waals surface area contributed by atoms with E-state index >= 15 is 0 Å². The number of carbonyl (C=O) groups is 1. The molecule has 3 N–H and O–H groups in total. The first-order valence-corrected chi connectivity index (χ1v) is 5.94. The highest BCUT2D eigenvalue weighted by Crippen LogP contribution is 1.92. The van der Waals surface area contributed by atoms with Gasteiger partial charge in [-0.3, -0.25) is 0 Å². The number of sulfonamides is 1. The predicted molar refractivity (Wildman–Crippen MR) is 52.2 cm³/mol. The fraction of sp³-hybridized carbons (Fsp3) is 0.857. The smallest absolute Gasteiger partial charge is 0.407 e. The Balaban J connectivity index is 3.55. The van der Waals surface area contributed by atoms with E-state index in [1.165, 1.54) is 0 Å². The summed E-state index contributed by atoms with van der Waals surface area (Å²) in [6, 6.07) is 0. The van der Waals surface area contributed by atoms with Crippen LogP contribution in [0, 0.1) is 5.92 Å². The van der Waals surface area contributed by atoms with Crippen molar-refractivity contribution in [2.45, 2.75) is 13.8 Å². The van der Waals surface area contributed by atoms with Crippen LogP contribution in [-0.2, 0) is 14.8 Å². The van der Waals surface area contributed by atoms with Crippen molar-refractivity contribution in [2.75, 3.05) is 18.9 Å². The lowest BCUT2D eigenvalue weighted by Gasteiger charge is -2.07. The predicted octanol–water partition coefficient (Wildman–Crippen LogP) is -0.343. The summed E-state index contributed by atoms with van der Waals surface area (Å²) in [5.41, 5.74) is 0. The van der Waals surface area contributed by atoms with Gasteiger partial charge in [0.05, 0.1) is 12.4 Å². The molecule has 7 heteroatoms. The third-order valence-corrected chi connectivity index (χ3v) is 1.98. The Hall–Kier alpha value is -0.820. The van der Waals surface area contributed by atoms with Gasteiger partial charge in [0.15, 0.2) is 0 Å². The molecule has 0 atom stereocenters. The van der Waals surface area contributed by atoms with Gasteiger partial charge in [-0.05, 0) is 5.92 Å². The van der Waals surface area contributed by atoms with Crippen molar-refractivity contribution in [1.29, 1.82) is 0 Å². The van der Waals surface area contributed by atoms with E-state index in [0.717, 1.165) is 0 Å². The highest BCUT2D eigenvalue weighted by molar-refractivity contribution is 7.89. The van der Waals surface area contributed by atoms with Gasteiger partial charge in [0, 0.05) is 6.54 Å². The van der Waals surface area contributed by atoms with Gasteiger partial charge < -0.3 is 10.1 Å². The summed E-state index contributed by atoms with van der Waals surface area (Å²) in [4.78, 5) is 10.9. The SMILES string of the molecule is CC(C)COC(=O)NCCS(N)(=O)=O. The molecule has 0 saturated carbocycles. The highest BCUT2D eigenvalue weighted by atomic mass is 32.2. The lowest BCUT2D eigenvalue weighted by atomic mass is 10.2.